The molecule has 19 heavy (non-hydrogen) atoms. The summed E-state index contributed by atoms with van der Waals surface area (Å²) in [6.07, 6.45) is 0. The molecule has 0 aliphatic carbocycles. The average Bonchev–Trinajstić information content (AvgIpc) is 2.39. The maximum Gasteiger partial charge on any atom is 0.243 e. The second-order valence-electron chi connectivity index (χ2n) is 3.88. The van der Waals surface area contributed by atoms with Gasteiger partial charge < -0.3 is 10.5 Å². The molecule has 0 unspecified atom stereocenters. The molecule has 0 saturated carbocycles. The second kappa shape index (κ2) is 6.95. The zero-order chi connectivity index (χ0) is 14.5. The number of ether oxygens (including phenoxy) is 1. The normalized spacial score (nSPS) is 11.7. The standard InChI is InChI=1S/C12H18N2O3S2/c1-3-14(7-8-17-2)19(15,16)11-6-4-5-10(9-11)12(13)18/h4-6,9H,3,7-8H2,1-2H3,(H2,13,18). The molecule has 0 aromatic heterocycles. The Labute approximate surface area is 119 Å². The third-order valence-electron chi connectivity index (χ3n) is 2.65. The third kappa shape index (κ3) is 3.97. The topological polar surface area (TPSA) is 72.6 Å². The van der Waals surface area contributed by atoms with E-state index < -0.39 is 10.0 Å². The number of methoxy groups -OCH3 is 1. The summed E-state index contributed by atoms with van der Waals surface area (Å²) < 4.78 is 31.1. The average molecular weight is 302 g/mol. The lowest BCUT2D eigenvalue weighted by atomic mass is 10.2. The SMILES string of the molecule is CCN(CCOC)S(=O)(=O)c1cccc(C(N)=S)c1. The zero-order valence-corrected chi connectivity index (χ0v) is 12.6. The van der Waals surface area contributed by atoms with E-state index in [1.807, 2.05) is 0 Å². The van der Waals surface area contributed by atoms with Crippen molar-refractivity contribution < 1.29 is 13.2 Å². The van der Waals surface area contributed by atoms with Crippen molar-refractivity contribution in [1.29, 1.82) is 0 Å². The number of likely N-dealkylation sites (N-methyl/N-ethyl adjacent to an activating group) is 1. The fourth-order valence-corrected chi connectivity index (χ4v) is 3.21. The largest absolute Gasteiger partial charge is 0.389 e. The van der Waals surface area contributed by atoms with Crippen molar-refractivity contribution in [3.8, 4) is 0 Å². The molecule has 0 spiro atoms. The van der Waals surface area contributed by atoms with Crippen LogP contribution in [0.1, 0.15) is 12.5 Å². The summed E-state index contributed by atoms with van der Waals surface area (Å²) in [5, 5.41) is 0. The molecule has 0 fully saturated rings. The first-order chi connectivity index (χ1) is 8.93. The highest BCUT2D eigenvalue weighted by Crippen LogP contribution is 2.17. The Hall–Kier alpha value is -1.02. The molecule has 0 bridgehead atoms. The van der Waals surface area contributed by atoms with Crippen molar-refractivity contribution in [3.05, 3.63) is 29.8 Å². The van der Waals surface area contributed by atoms with Gasteiger partial charge in [-0.3, -0.25) is 0 Å². The van der Waals surface area contributed by atoms with E-state index in [-0.39, 0.29) is 9.88 Å². The van der Waals surface area contributed by atoms with Crippen LogP contribution in [0.5, 0.6) is 0 Å². The van der Waals surface area contributed by atoms with Crippen molar-refractivity contribution in [3.63, 3.8) is 0 Å². The fraction of sp³-hybridized carbons (Fsp3) is 0.417. The Morgan fingerprint density at radius 2 is 2.16 bits per heavy atom. The number of nitrogens with two attached hydrogens (primary N) is 1. The summed E-state index contributed by atoms with van der Waals surface area (Å²) in [5.41, 5.74) is 6.06. The van der Waals surface area contributed by atoms with E-state index in [1.165, 1.54) is 23.5 Å². The molecule has 0 aliphatic rings. The van der Waals surface area contributed by atoms with Gasteiger partial charge in [-0.05, 0) is 12.1 Å². The fourth-order valence-electron chi connectivity index (χ4n) is 1.60. The van der Waals surface area contributed by atoms with Crippen molar-refractivity contribution in [2.75, 3.05) is 26.8 Å². The van der Waals surface area contributed by atoms with Gasteiger partial charge in [0.2, 0.25) is 10.0 Å². The summed E-state index contributed by atoms with van der Waals surface area (Å²) in [6.45, 7) is 2.82. The number of benzene rings is 1. The molecule has 1 rings (SSSR count). The molecule has 0 amide bonds. The van der Waals surface area contributed by atoms with Crippen LogP contribution in [0.4, 0.5) is 0 Å². The molecule has 0 radical (unpaired) electrons. The maximum atomic E-state index is 12.4. The summed E-state index contributed by atoms with van der Waals surface area (Å²) in [6, 6.07) is 6.35. The lowest BCUT2D eigenvalue weighted by Crippen LogP contribution is -2.33. The summed E-state index contributed by atoms with van der Waals surface area (Å²) >= 11 is 4.86. The van der Waals surface area contributed by atoms with Gasteiger partial charge in [0.15, 0.2) is 0 Å². The summed E-state index contributed by atoms with van der Waals surface area (Å²) in [7, 11) is -2.01. The van der Waals surface area contributed by atoms with Crippen LogP contribution in [0.2, 0.25) is 0 Å². The first kappa shape index (κ1) is 16.0. The van der Waals surface area contributed by atoms with Gasteiger partial charge in [0.25, 0.3) is 0 Å². The maximum absolute atomic E-state index is 12.4. The highest BCUT2D eigenvalue weighted by atomic mass is 32.2. The molecule has 0 aliphatic heterocycles. The van der Waals surface area contributed by atoms with Crippen molar-refractivity contribution in [1.82, 2.24) is 4.31 Å². The van der Waals surface area contributed by atoms with Gasteiger partial charge in [0.05, 0.1) is 11.5 Å². The van der Waals surface area contributed by atoms with E-state index >= 15 is 0 Å². The highest BCUT2D eigenvalue weighted by Gasteiger charge is 2.23. The Balaban J connectivity index is 3.11. The lowest BCUT2D eigenvalue weighted by molar-refractivity contribution is 0.180. The van der Waals surface area contributed by atoms with Gasteiger partial charge in [-0.15, -0.1) is 0 Å². The molecule has 106 valence electrons. The molecule has 2 N–H and O–H groups in total. The quantitative estimate of drug-likeness (QED) is 0.760. The molecule has 0 saturated heterocycles. The minimum atomic E-state index is -3.54. The minimum absolute atomic E-state index is 0.178. The van der Waals surface area contributed by atoms with E-state index in [4.69, 9.17) is 22.7 Å². The van der Waals surface area contributed by atoms with Crippen molar-refractivity contribution >= 4 is 27.2 Å². The van der Waals surface area contributed by atoms with E-state index in [0.717, 1.165) is 0 Å². The van der Waals surface area contributed by atoms with Gasteiger partial charge in [-0.25, -0.2) is 8.42 Å². The van der Waals surface area contributed by atoms with E-state index in [1.54, 1.807) is 19.1 Å². The summed E-state index contributed by atoms with van der Waals surface area (Å²) in [5.74, 6) is 0. The Morgan fingerprint density at radius 3 is 2.68 bits per heavy atom. The van der Waals surface area contributed by atoms with Gasteiger partial charge in [-0.2, -0.15) is 4.31 Å². The van der Waals surface area contributed by atoms with Crippen LogP contribution in [-0.4, -0.2) is 44.5 Å². The second-order valence-corrected chi connectivity index (χ2v) is 6.26. The third-order valence-corrected chi connectivity index (χ3v) is 4.86. The Kier molecular flexibility index (Phi) is 5.86. The number of nitrogens with zero attached hydrogens (tertiary/aromatic N) is 1. The molecule has 0 atom stereocenters. The van der Waals surface area contributed by atoms with E-state index in [0.29, 0.717) is 25.3 Å². The number of rotatable bonds is 7. The molecular formula is C12H18N2O3S2. The number of sulfonamides is 1. The van der Waals surface area contributed by atoms with Crippen LogP contribution in [0.15, 0.2) is 29.2 Å². The van der Waals surface area contributed by atoms with E-state index in [9.17, 15) is 8.42 Å². The van der Waals surface area contributed by atoms with Gasteiger partial charge in [0, 0.05) is 25.8 Å². The molecule has 0 heterocycles. The van der Waals surface area contributed by atoms with Crippen molar-refractivity contribution in [2.24, 2.45) is 5.73 Å². The van der Waals surface area contributed by atoms with Gasteiger partial charge in [-0.1, -0.05) is 31.3 Å². The van der Waals surface area contributed by atoms with E-state index in [2.05, 4.69) is 0 Å². The molecule has 1 aromatic carbocycles. The first-order valence-corrected chi connectivity index (χ1v) is 7.67. The minimum Gasteiger partial charge on any atom is -0.389 e. The van der Waals surface area contributed by atoms with Crippen LogP contribution in [0.3, 0.4) is 0 Å². The molecular weight excluding hydrogens is 284 g/mol. The molecule has 7 heteroatoms. The number of thiocarbonyl (C=S) groups is 1. The predicted molar refractivity (Wildman–Crippen MR) is 78.6 cm³/mol. The Morgan fingerprint density at radius 1 is 1.47 bits per heavy atom. The predicted octanol–water partition coefficient (Wildman–Crippen LogP) is 0.978. The molecule has 1 aromatic rings. The lowest BCUT2D eigenvalue weighted by Gasteiger charge is -2.20. The van der Waals surface area contributed by atoms with Crippen LogP contribution >= 0.6 is 12.2 Å². The zero-order valence-electron chi connectivity index (χ0n) is 11.0. The highest BCUT2D eigenvalue weighted by molar-refractivity contribution is 7.89. The number of hydrogen-bond donors (Lipinski definition) is 1. The van der Waals surface area contributed by atoms with Crippen LogP contribution in [-0.2, 0) is 14.8 Å². The smallest absolute Gasteiger partial charge is 0.243 e. The van der Waals surface area contributed by atoms with Gasteiger partial charge >= 0.3 is 0 Å². The summed E-state index contributed by atoms with van der Waals surface area (Å²) in [4.78, 5) is 0.368. The van der Waals surface area contributed by atoms with Crippen LogP contribution in [0, 0.1) is 0 Å². The number of hydrogen-bond acceptors (Lipinski definition) is 4. The van der Waals surface area contributed by atoms with Crippen LogP contribution in [0.25, 0.3) is 0 Å². The first-order valence-electron chi connectivity index (χ1n) is 5.82. The monoisotopic (exact) mass is 302 g/mol. The Bertz CT molecular complexity index is 544. The van der Waals surface area contributed by atoms with Crippen molar-refractivity contribution in [2.45, 2.75) is 11.8 Å². The van der Waals surface area contributed by atoms with Crippen LogP contribution < -0.4 is 5.73 Å². The molecule has 5 nitrogen and oxygen atoms in total. The van der Waals surface area contributed by atoms with Gasteiger partial charge in [0.1, 0.15) is 4.99 Å².